The molecule has 0 spiro atoms. The number of aromatic amines is 1. The van der Waals surface area contributed by atoms with Crippen molar-refractivity contribution >= 4 is 28.5 Å². The molecule has 1 heterocycles. The summed E-state index contributed by atoms with van der Waals surface area (Å²) >= 11 is 0. The number of nitrogens with one attached hydrogen (secondary N) is 3. The van der Waals surface area contributed by atoms with Crippen LogP contribution in [0.2, 0.25) is 0 Å². The Labute approximate surface area is 169 Å². The van der Waals surface area contributed by atoms with Crippen molar-refractivity contribution in [3.8, 4) is 0 Å². The number of nitrogens with zero attached hydrogens (tertiary/aromatic N) is 1. The van der Waals surface area contributed by atoms with Gasteiger partial charge < -0.3 is 20.4 Å². The fourth-order valence-electron chi connectivity index (χ4n) is 2.96. The summed E-state index contributed by atoms with van der Waals surface area (Å²) in [5, 5.41) is 5.66. The van der Waals surface area contributed by atoms with Crippen LogP contribution in [0.15, 0.2) is 42.5 Å². The number of carbonyl (C=O) groups is 2. The van der Waals surface area contributed by atoms with Crippen LogP contribution in [0.3, 0.4) is 0 Å². The zero-order chi connectivity index (χ0) is 20.6. The van der Waals surface area contributed by atoms with E-state index in [1.165, 1.54) is 0 Å². The molecule has 0 fully saturated rings. The molecule has 0 saturated carbocycles. The predicted molar refractivity (Wildman–Crippen MR) is 113 cm³/mol. The third-order valence-electron chi connectivity index (χ3n) is 4.59. The molecule has 0 aliphatic rings. The first-order valence-corrected chi connectivity index (χ1v) is 9.73. The summed E-state index contributed by atoms with van der Waals surface area (Å²) in [6.07, 6.45) is 2.04. The summed E-state index contributed by atoms with van der Waals surface area (Å²) in [6.45, 7) is 2.78. The lowest BCUT2D eigenvalue weighted by Crippen LogP contribution is -2.26. The summed E-state index contributed by atoms with van der Waals surface area (Å²) in [7, 11) is 1.60. The summed E-state index contributed by atoms with van der Waals surface area (Å²) in [5.41, 5.74) is 4.25. The molecule has 7 heteroatoms. The van der Waals surface area contributed by atoms with Crippen LogP contribution in [0.5, 0.6) is 0 Å². The van der Waals surface area contributed by atoms with Crippen molar-refractivity contribution in [2.75, 3.05) is 25.6 Å². The Bertz CT molecular complexity index is 979. The lowest BCUT2D eigenvalue weighted by Gasteiger charge is -2.05. The quantitative estimate of drug-likeness (QED) is 0.486. The number of H-pyrrole nitrogens is 1. The van der Waals surface area contributed by atoms with Gasteiger partial charge in [0.2, 0.25) is 5.91 Å². The SMILES string of the molecule is CCC(=O)Nc1ccc(CCc2nc3ccc(C(=O)NCCOC)cc3[nH]2)cc1. The van der Waals surface area contributed by atoms with Crippen molar-refractivity contribution in [2.45, 2.75) is 26.2 Å². The van der Waals surface area contributed by atoms with E-state index in [4.69, 9.17) is 4.74 Å². The van der Waals surface area contributed by atoms with E-state index in [0.29, 0.717) is 25.1 Å². The van der Waals surface area contributed by atoms with Gasteiger partial charge in [-0.25, -0.2) is 4.98 Å². The van der Waals surface area contributed by atoms with E-state index in [0.717, 1.165) is 41.0 Å². The Balaban J connectivity index is 1.60. The van der Waals surface area contributed by atoms with Crippen molar-refractivity contribution in [2.24, 2.45) is 0 Å². The minimum absolute atomic E-state index is 0.00627. The van der Waals surface area contributed by atoms with E-state index >= 15 is 0 Å². The number of hydrogen-bond donors (Lipinski definition) is 3. The van der Waals surface area contributed by atoms with Gasteiger partial charge in [0, 0.05) is 37.7 Å². The van der Waals surface area contributed by atoms with Gasteiger partial charge >= 0.3 is 0 Å². The molecule has 29 heavy (non-hydrogen) atoms. The van der Waals surface area contributed by atoms with Gasteiger partial charge in [0.1, 0.15) is 5.82 Å². The fourth-order valence-corrected chi connectivity index (χ4v) is 2.96. The van der Waals surface area contributed by atoms with E-state index in [-0.39, 0.29) is 11.8 Å². The van der Waals surface area contributed by atoms with Crippen LogP contribution in [-0.2, 0) is 22.4 Å². The monoisotopic (exact) mass is 394 g/mol. The van der Waals surface area contributed by atoms with Crippen LogP contribution in [0.4, 0.5) is 5.69 Å². The van der Waals surface area contributed by atoms with Gasteiger partial charge in [0.15, 0.2) is 0 Å². The predicted octanol–water partition coefficient (Wildman–Crippen LogP) is 3.07. The molecule has 0 atom stereocenters. The number of anilines is 1. The zero-order valence-electron chi connectivity index (χ0n) is 16.7. The number of aryl methyl sites for hydroxylation is 2. The summed E-state index contributed by atoms with van der Waals surface area (Å²) in [4.78, 5) is 31.5. The molecular formula is C22H26N4O3. The van der Waals surface area contributed by atoms with E-state index < -0.39 is 0 Å². The van der Waals surface area contributed by atoms with Crippen molar-refractivity contribution in [3.05, 3.63) is 59.4 Å². The van der Waals surface area contributed by atoms with E-state index in [9.17, 15) is 9.59 Å². The van der Waals surface area contributed by atoms with E-state index in [1.807, 2.05) is 43.3 Å². The van der Waals surface area contributed by atoms with E-state index in [1.54, 1.807) is 13.2 Å². The molecular weight excluding hydrogens is 368 g/mol. The maximum Gasteiger partial charge on any atom is 0.251 e. The first-order valence-electron chi connectivity index (χ1n) is 9.73. The van der Waals surface area contributed by atoms with Crippen LogP contribution >= 0.6 is 0 Å². The smallest absolute Gasteiger partial charge is 0.251 e. The molecule has 0 radical (unpaired) electrons. The lowest BCUT2D eigenvalue weighted by atomic mass is 10.1. The molecule has 1 aromatic heterocycles. The molecule has 3 aromatic rings. The van der Waals surface area contributed by atoms with Gasteiger partial charge in [-0.3, -0.25) is 9.59 Å². The molecule has 7 nitrogen and oxygen atoms in total. The van der Waals surface area contributed by atoms with Gasteiger partial charge in [-0.05, 0) is 42.3 Å². The third-order valence-corrected chi connectivity index (χ3v) is 4.59. The Kier molecular flexibility index (Phi) is 6.97. The van der Waals surface area contributed by atoms with E-state index in [2.05, 4.69) is 20.6 Å². The van der Waals surface area contributed by atoms with Gasteiger partial charge in [0.05, 0.1) is 17.6 Å². The second-order valence-corrected chi connectivity index (χ2v) is 6.76. The van der Waals surface area contributed by atoms with Gasteiger partial charge in [-0.1, -0.05) is 19.1 Å². The van der Waals surface area contributed by atoms with Crippen molar-refractivity contribution in [1.82, 2.24) is 15.3 Å². The zero-order valence-corrected chi connectivity index (χ0v) is 16.7. The van der Waals surface area contributed by atoms with Crippen LogP contribution in [0.25, 0.3) is 11.0 Å². The van der Waals surface area contributed by atoms with Crippen LogP contribution < -0.4 is 10.6 Å². The molecule has 0 saturated heterocycles. The number of benzene rings is 2. The molecule has 0 bridgehead atoms. The first kappa shape index (κ1) is 20.5. The molecule has 3 N–H and O–H groups in total. The summed E-state index contributed by atoms with van der Waals surface area (Å²) in [6, 6.07) is 13.3. The summed E-state index contributed by atoms with van der Waals surface area (Å²) < 4.78 is 4.94. The van der Waals surface area contributed by atoms with Gasteiger partial charge in [0.25, 0.3) is 5.91 Å². The number of amides is 2. The van der Waals surface area contributed by atoms with Gasteiger partial charge in [-0.15, -0.1) is 0 Å². The van der Waals surface area contributed by atoms with Crippen LogP contribution in [0, 0.1) is 0 Å². The minimum Gasteiger partial charge on any atom is -0.383 e. The number of aromatic nitrogens is 2. The maximum atomic E-state index is 12.2. The second-order valence-electron chi connectivity index (χ2n) is 6.76. The van der Waals surface area contributed by atoms with Crippen LogP contribution in [-0.4, -0.2) is 42.0 Å². The molecule has 0 aliphatic heterocycles. The minimum atomic E-state index is -0.129. The van der Waals surface area contributed by atoms with Crippen molar-refractivity contribution in [3.63, 3.8) is 0 Å². The average Bonchev–Trinajstić information content (AvgIpc) is 3.15. The number of fused-ring (bicyclic) bond motifs is 1. The number of hydrogen-bond acceptors (Lipinski definition) is 4. The Morgan fingerprint density at radius 1 is 1.10 bits per heavy atom. The lowest BCUT2D eigenvalue weighted by molar-refractivity contribution is -0.115. The van der Waals surface area contributed by atoms with Gasteiger partial charge in [-0.2, -0.15) is 0 Å². The molecule has 152 valence electrons. The maximum absolute atomic E-state index is 12.2. The van der Waals surface area contributed by atoms with Crippen molar-refractivity contribution < 1.29 is 14.3 Å². The molecule has 3 rings (SSSR count). The Hall–Kier alpha value is -3.19. The Morgan fingerprint density at radius 3 is 2.62 bits per heavy atom. The molecule has 0 aliphatic carbocycles. The summed E-state index contributed by atoms with van der Waals surface area (Å²) in [5.74, 6) is 0.752. The number of imidazole rings is 1. The normalized spacial score (nSPS) is 10.8. The number of rotatable bonds is 9. The topological polar surface area (TPSA) is 96.1 Å². The molecule has 0 unspecified atom stereocenters. The first-order chi connectivity index (χ1) is 14.1. The largest absolute Gasteiger partial charge is 0.383 e. The standard InChI is InChI=1S/C22H26N4O3/c1-3-21(27)24-17-8-4-15(5-9-17)6-11-20-25-18-10-7-16(14-19(18)26-20)22(28)23-12-13-29-2/h4-5,7-10,14H,3,6,11-13H2,1-2H3,(H,23,28)(H,24,27)(H,25,26). The fraction of sp³-hybridized carbons (Fsp3) is 0.318. The highest BCUT2D eigenvalue weighted by Gasteiger charge is 2.09. The highest BCUT2D eigenvalue weighted by molar-refractivity contribution is 5.97. The third kappa shape index (κ3) is 5.65. The number of methoxy groups -OCH3 is 1. The van der Waals surface area contributed by atoms with Crippen molar-refractivity contribution in [1.29, 1.82) is 0 Å². The highest BCUT2D eigenvalue weighted by atomic mass is 16.5. The Morgan fingerprint density at radius 2 is 1.90 bits per heavy atom. The number of ether oxygens (including phenoxy) is 1. The number of carbonyl (C=O) groups excluding carboxylic acids is 2. The molecule has 2 amide bonds. The second kappa shape index (κ2) is 9.84. The highest BCUT2D eigenvalue weighted by Crippen LogP contribution is 2.16. The average molecular weight is 394 g/mol. The molecule has 2 aromatic carbocycles. The van der Waals surface area contributed by atoms with Crippen LogP contribution in [0.1, 0.15) is 35.1 Å².